The number of carbonyl (C=O) groups is 1. The zero-order valence-corrected chi connectivity index (χ0v) is 16.3. The Hall–Kier alpha value is -0.790. The molecule has 0 aromatic heterocycles. The molecule has 0 aromatic carbocycles. The first-order chi connectivity index (χ1) is 12.1. The number of ether oxygens (including phenoxy) is 1. The van der Waals surface area contributed by atoms with Gasteiger partial charge in [-0.25, -0.2) is 0 Å². The number of ketones is 1. The van der Waals surface area contributed by atoms with Crippen molar-refractivity contribution in [3.8, 4) is 0 Å². The van der Waals surface area contributed by atoms with E-state index in [1.807, 2.05) is 19.9 Å². The maximum atomic E-state index is 12.9. The van der Waals surface area contributed by atoms with Crippen LogP contribution in [0, 0.1) is 29.1 Å². The number of allylic oxidation sites excluding steroid dienone is 2. The smallest absolute Gasteiger partial charge is 0.167 e. The van der Waals surface area contributed by atoms with Gasteiger partial charge in [0.1, 0.15) is 5.78 Å². The minimum atomic E-state index is -1.42. The molecule has 6 heteroatoms. The summed E-state index contributed by atoms with van der Waals surface area (Å²) in [7, 11) is 0. The fraction of sp³-hybridized carbons (Fsp3) is 0.850. The predicted octanol–water partition coefficient (Wildman–Crippen LogP) is 1.26. The van der Waals surface area contributed by atoms with Gasteiger partial charge in [-0.15, -0.1) is 0 Å². The van der Waals surface area contributed by atoms with Crippen molar-refractivity contribution in [2.24, 2.45) is 29.1 Å². The summed E-state index contributed by atoms with van der Waals surface area (Å²) in [6.45, 7) is 7.15. The number of Topliss-reactive ketones (excluding diaryl/α,β-unsaturated/α-hetero) is 1. The molecule has 1 saturated heterocycles. The molecule has 0 bridgehead atoms. The lowest BCUT2D eigenvalue weighted by Gasteiger charge is -2.40. The normalized spacial score (nSPS) is 41.0. The van der Waals surface area contributed by atoms with Crippen molar-refractivity contribution >= 4 is 5.78 Å². The van der Waals surface area contributed by atoms with Gasteiger partial charge in [0, 0.05) is 6.42 Å². The lowest BCUT2D eigenvalue weighted by atomic mass is 9.77. The van der Waals surface area contributed by atoms with E-state index in [2.05, 4.69) is 13.0 Å². The predicted molar refractivity (Wildman–Crippen MR) is 97.1 cm³/mol. The second-order valence-electron chi connectivity index (χ2n) is 8.33. The summed E-state index contributed by atoms with van der Waals surface area (Å²) < 4.78 is 5.39. The van der Waals surface area contributed by atoms with Crippen molar-refractivity contribution in [1.82, 2.24) is 0 Å². The molecule has 26 heavy (non-hydrogen) atoms. The van der Waals surface area contributed by atoms with E-state index >= 15 is 0 Å². The van der Waals surface area contributed by atoms with Crippen molar-refractivity contribution in [1.29, 1.82) is 0 Å². The Kier molecular flexibility index (Phi) is 6.67. The van der Waals surface area contributed by atoms with E-state index in [4.69, 9.17) is 4.74 Å². The molecule has 2 rings (SSSR count). The monoisotopic (exact) mass is 370 g/mol. The van der Waals surface area contributed by atoms with Crippen LogP contribution in [-0.4, -0.2) is 57.4 Å². The Labute approximate surface area is 155 Å². The lowest BCUT2D eigenvalue weighted by Crippen LogP contribution is -2.52. The quantitative estimate of drug-likeness (QED) is 0.479. The first kappa shape index (κ1) is 21.5. The average Bonchev–Trinajstić information content (AvgIpc) is 3.29. The number of carbonyl (C=O) groups excluding carboxylic acids is 1. The summed E-state index contributed by atoms with van der Waals surface area (Å²) in [5.41, 5.74) is -0.424. The Morgan fingerprint density at radius 3 is 2.54 bits per heavy atom. The summed E-state index contributed by atoms with van der Waals surface area (Å²) in [6.07, 6.45) is 3.11. The van der Waals surface area contributed by atoms with Crippen molar-refractivity contribution in [3.63, 3.8) is 0 Å². The third kappa shape index (κ3) is 4.04. The Morgan fingerprint density at radius 2 is 2.04 bits per heavy atom. The zero-order chi connectivity index (χ0) is 19.7. The van der Waals surface area contributed by atoms with Gasteiger partial charge < -0.3 is 25.2 Å². The number of rotatable bonds is 8. The highest BCUT2D eigenvalue weighted by Crippen LogP contribution is 2.60. The van der Waals surface area contributed by atoms with E-state index in [1.54, 1.807) is 6.92 Å². The highest BCUT2D eigenvalue weighted by atomic mass is 16.6. The number of aliphatic hydroxyl groups is 4. The van der Waals surface area contributed by atoms with E-state index < -0.39 is 47.6 Å². The summed E-state index contributed by atoms with van der Waals surface area (Å²) >= 11 is 0. The van der Waals surface area contributed by atoms with Crippen LogP contribution >= 0.6 is 0 Å². The van der Waals surface area contributed by atoms with Gasteiger partial charge in [-0.2, -0.15) is 0 Å². The van der Waals surface area contributed by atoms with Crippen LogP contribution in [-0.2, 0) is 9.53 Å². The molecule has 4 N–H and O–H groups in total. The summed E-state index contributed by atoms with van der Waals surface area (Å²) in [4.78, 5) is 12.9. The van der Waals surface area contributed by atoms with Crippen molar-refractivity contribution < 1.29 is 30.0 Å². The van der Waals surface area contributed by atoms with E-state index in [1.165, 1.54) is 0 Å². The van der Waals surface area contributed by atoms with Crippen LogP contribution in [0.5, 0.6) is 0 Å². The molecule has 2 fully saturated rings. The van der Waals surface area contributed by atoms with Gasteiger partial charge in [0.05, 0.1) is 37.3 Å². The van der Waals surface area contributed by atoms with Gasteiger partial charge >= 0.3 is 0 Å². The largest absolute Gasteiger partial charge is 0.396 e. The number of hydrogen-bond donors (Lipinski definition) is 4. The highest BCUT2D eigenvalue weighted by molar-refractivity contribution is 5.85. The van der Waals surface area contributed by atoms with E-state index in [-0.39, 0.29) is 24.9 Å². The molecule has 0 amide bonds. The summed E-state index contributed by atoms with van der Waals surface area (Å²) in [5.74, 6) is -3.07. The highest BCUT2D eigenvalue weighted by Gasteiger charge is 2.59. The van der Waals surface area contributed by atoms with Crippen molar-refractivity contribution in [2.75, 3.05) is 13.2 Å². The van der Waals surface area contributed by atoms with Gasteiger partial charge in [-0.1, -0.05) is 32.9 Å². The van der Waals surface area contributed by atoms with Crippen LogP contribution in [0.3, 0.4) is 0 Å². The van der Waals surface area contributed by atoms with Gasteiger partial charge in [0.15, 0.2) is 5.79 Å². The Bertz CT molecular complexity index is 534. The fourth-order valence-corrected chi connectivity index (χ4v) is 4.46. The Balaban J connectivity index is 2.07. The van der Waals surface area contributed by atoms with Crippen molar-refractivity contribution in [3.05, 3.63) is 12.2 Å². The number of hydrogen-bond acceptors (Lipinski definition) is 6. The topological polar surface area (TPSA) is 107 Å². The van der Waals surface area contributed by atoms with E-state index in [0.717, 1.165) is 6.42 Å². The van der Waals surface area contributed by atoms with Gasteiger partial charge in [0.2, 0.25) is 0 Å². The first-order valence-electron chi connectivity index (χ1n) is 9.63. The molecule has 1 aliphatic carbocycles. The third-order valence-corrected chi connectivity index (χ3v) is 6.54. The maximum Gasteiger partial charge on any atom is 0.167 e. The molecule has 1 saturated carbocycles. The summed E-state index contributed by atoms with van der Waals surface area (Å²) in [5, 5.41) is 41.1. The van der Waals surface area contributed by atoms with Gasteiger partial charge in [-0.05, 0) is 37.0 Å². The second kappa shape index (κ2) is 8.07. The minimum Gasteiger partial charge on any atom is -0.396 e. The minimum absolute atomic E-state index is 0.0492. The zero-order valence-electron chi connectivity index (χ0n) is 16.3. The molecule has 1 unspecified atom stereocenters. The lowest BCUT2D eigenvalue weighted by molar-refractivity contribution is -0.258. The molecule has 6 nitrogen and oxygen atoms in total. The van der Waals surface area contributed by atoms with Crippen molar-refractivity contribution in [2.45, 2.75) is 65.0 Å². The number of aliphatic hydroxyl groups excluding tert-OH is 3. The molecule has 0 aromatic rings. The van der Waals surface area contributed by atoms with Crippen LogP contribution in [0.1, 0.15) is 47.0 Å². The molecule has 150 valence electrons. The molecular weight excluding hydrogens is 336 g/mol. The molecular formula is C20H34O6. The molecule has 2 aliphatic rings. The van der Waals surface area contributed by atoms with Crippen LogP contribution in [0.4, 0.5) is 0 Å². The standard InChI is InChI=1S/C20H34O6/c1-5-7-12(3)15-8-19(15,4)18(24)13(10-21)17(23)14-11-26-20(25,6-2)9-16(14)22/h5,7,12-16,18,21-22,24-25H,6,8-11H2,1-4H3/b7-5-/t12-,13-,14+,15+,16-,18-,19-,20?/m0/s1. The van der Waals surface area contributed by atoms with Crippen LogP contribution < -0.4 is 0 Å². The third-order valence-electron chi connectivity index (χ3n) is 6.54. The SMILES string of the molecule is C/C=C\[C@H](C)[C@H]1C[C@]1(C)[C@@H](O)[C@@H](CO)C(=O)[C@@H]1COC(O)(CC)C[C@@H]1O. The molecule has 0 radical (unpaired) electrons. The summed E-state index contributed by atoms with van der Waals surface area (Å²) in [6, 6.07) is 0. The molecule has 0 spiro atoms. The van der Waals surface area contributed by atoms with Crippen LogP contribution in [0.2, 0.25) is 0 Å². The second-order valence-corrected chi connectivity index (χ2v) is 8.33. The fourth-order valence-electron chi connectivity index (χ4n) is 4.46. The van der Waals surface area contributed by atoms with E-state index in [0.29, 0.717) is 6.42 Å². The van der Waals surface area contributed by atoms with Gasteiger partial charge in [0.25, 0.3) is 0 Å². The molecule has 1 aliphatic heterocycles. The molecule has 1 heterocycles. The van der Waals surface area contributed by atoms with Crippen LogP contribution in [0.25, 0.3) is 0 Å². The Morgan fingerprint density at radius 1 is 1.38 bits per heavy atom. The average molecular weight is 370 g/mol. The van der Waals surface area contributed by atoms with Gasteiger partial charge in [-0.3, -0.25) is 4.79 Å². The molecule has 8 atom stereocenters. The van der Waals surface area contributed by atoms with Crippen LogP contribution in [0.15, 0.2) is 12.2 Å². The van der Waals surface area contributed by atoms with E-state index in [9.17, 15) is 25.2 Å². The maximum absolute atomic E-state index is 12.9. The first-order valence-corrected chi connectivity index (χ1v) is 9.63.